The third-order valence-electron chi connectivity index (χ3n) is 4.59. The Morgan fingerprint density at radius 1 is 1.19 bits per heavy atom. The van der Waals surface area contributed by atoms with Crippen molar-refractivity contribution in [2.45, 2.75) is 47.0 Å². The van der Waals surface area contributed by atoms with Crippen molar-refractivity contribution in [3.63, 3.8) is 0 Å². The number of hydrogen-bond acceptors (Lipinski definition) is 2. The average Bonchev–Trinajstić information content (AvgIpc) is 2.20. The van der Waals surface area contributed by atoms with Crippen LogP contribution in [0.5, 0.6) is 0 Å². The third-order valence-corrected chi connectivity index (χ3v) is 4.59. The molecular formula is C14H29NO. The van der Waals surface area contributed by atoms with Crippen LogP contribution in [0.3, 0.4) is 0 Å². The van der Waals surface area contributed by atoms with Crippen LogP contribution in [0.25, 0.3) is 0 Å². The number of rotatable bonds is 4. The van der Waals surface area contributed by atoms with Gasteiger partial charge in [0.05, 0.1) is 0 Å². The van der Waals surface area contributed by atoms with Crippen molar-refractivity contribution in [1.29, 1.82) is 0 Å². The van der Waals surface area contributed by atoms with Crippen molar-refractivity contribution in [2.75, 3.05) is 33.4 Å². The zero-order valence-electron chi connectivity index (χ0n) is 11.8. The molecular weight excluding hydrogens is 198 g/mol. The molecule has 0 unspecified atom stereocenters. The largest absolute Gasteiger partial charge is 0.385 e. The number of hydrogen-bond donors (Lipinski definition) is 0. The van der Waals surface area contributed by atoms with Gasteiger partial charge in [0.15, 0.2) is 0 Å². The SMILES string of the molecule is COCCCN1CCC(C)(C(C)(C)C)CC1. The minimum Gasteiger partial charge on any atom is -0.385 e. The lowest BCUT2D eigenvalue weighted by Gasteiger charge is -2.48. The first kappa shape index (κ1) is 14.0. The summed E-state index contributed by atoms with van der Waals surface area (Å²) in [5.41, 5.74) is 0.955. The highest BCUT2D eigenvalue weighted by molar-refractivity contribution is 4.90. The van der Waals surface area contributed by atoms with Gasteiger partial charge in [-0.1, -0.05) is 27.7 Å². The molecule has 0 spiro atoms. The van der Waals surface area contributed by atoms with Crippen LogP contribution in [-0.2, 0) is 4.74 Å². The number of piperidine rings is 1. The molecule has 1 rings (SSSR count). The maximum atomic E-state index is 5.10. The highest BCUT2D eigenvalue weighted by Gasteiger charge is 2.39. The Bertz CT molecular complexity index is 199. The molecule has 0 atom stereocenters. The number of likely N-dealkylation sites (tertiary alicyclic amines) is 1. The maximum Gasteiger partial charge on any atom is 0.0474 e. The molecule has 1 aliphatic rings. The Morgan fingerprint density at radius 3 is 2.19 bits per heavy atom. The first-order valence-electron chi connectivity index (χ1n) is 6.60. The topological polar surface area (TPSA) is 12.5 Å². The zero-order chi connectivity index (χ0) is 12.2. The van der Waals surface area contributed by atoms with E-state index in [1.165, 1.54) is 38.9 Å². The van der Waals surface area contributed by atoms with Crippen molar-refractivity contribution in [2.24, 2.45) is 10.8 Å². The Balaban J connectivity index is 2.33. The van der Waals surface area contributed by atoms with Crippen molar-refractivity contribution in [3.05, 3.63) is 0 Å². The van der Waals surface area contributed by atoms with Gasteiger partial charge in [0.1, 0.15) is 0 Å². The van der Waals surface area contributed by atoms with E-state index in [-0.39, 0.29) is 0 Å². The van der Waals surface area contributed by atoms with Gasteiger partial charge in [-0.15, -0.1) is 0 Å². The molecule has 0 aromatic carbocycles. The molecule has 96 valence electrons. The van der Waals surface area contributed by atoms with Crippen molar-refractivity contribution in [1.82, 2.24) is 4.90 Å². The molecule has 0 aliphatic carbocycles. The highest BCUT2D eigenvalue weighted by Crippen LogP contribution is 2.46. The van der Waals surface area contributed by atoms with Gasteiger partial charge >= 0.3 is 0 Å². The van der Waals surface area contributed by atoms with E-state index >= 15 is 0 Å². The van der Waals surface area contributed by atoms with Crippen LogP contribution in [0.15, 0.2) is 0 Å². The quantitative estimate of drug-likeness (QED) is 0.684. The molecule has 0 bridgehead atoms. The molecule has 0 N–H and O–H groups in total. The lowest BCUT2D eigenvalue weighted by atomic mass is 9.63. The standard InChI is InChI=1S/C14H29NO/c1-13(2,3)14(4)7-10-15(11-8-14)9-6-12-16-5/h6-12H2,1-5H3. The van der Waals surface area contributed by atoms with Gasteiger partial charge < -0.3 is 9.64 Å². The van der Waals surface area contributed by atoms with Crippen LogP contribution >= 0.6 is 0 Å². The fourth-order valence-corrected chi connectivity index (χ4v) is 2.45. The summed E-state index contributed by atoms with van der Waals surface area (Å²) in [5.74, 6) is 0. The summed E-state index contributed by atoms with van der Waals surface area (Å²) >= 11 is 0. The summed E-state index contributed by atoms with van der Waals surface area (Å²) in [6.07, 6.45) is 3.84. The molecule has 0 saturated carbocycles. The predicted octanol–water partition coefficient (Wildman–Crippen LogP) is 3.17. The molecule has 0 radical (unpaired) electrons. The van der Waals surface area contributed by atoms with Crippen LogP contribution in [0, 0.1) is 10.8 Å². The second kappa shape index (κ2) is 5.50. The molecule has 1 saturated heterocycles. The summed E-state index contributed by atoms with van der Waals surface area (Å²) in [5, 5.41) is 0. The van der Waals surface area contributed by atoms with Gasteiger partial charge in [-0.25, -0.2) is 0 Å². The van der Waals surface area contributed by atoms with E-state index in [4.69, 9.17) is 4.74 Å². The van der Waals surface area contributed by atoms with Crippen LogP contribution in [-0.4, -0.2) is 38.3 Å². The molecule has 0 amide bonds. The molecule has 1 aliphatic heterocycles. The fourth-order valence-electron chi connectivity index (χ4n) is 2.45. The van der Waals surface area contributed by atoms with Crippen LogP contribution in [0.1, 0.15) is 47.0 Å². The zero-order valence-corrected chi connectivity index (χ0v) is 11.8. The molecule has 2 heteroatoms. The van der Waals surface area contributed by atoms with E-state index in [0.717, 1.165) is 6.61 Å². The van der Waals surface area contributed by atoms with E-state index in [0.29, 0.717) is 10.8 Å². The Labute approximate surface area is 101 Å². The Hall–Kier alpha value is -0.0800. The number of ether oxygens (including phenoxy) is 1. The minimum absolute atomic E-state index is 0.436. The molecule has 16 heavy (non-hydrogen) atoms. The third kappa shape index (κ3) is 3.46. The summed E-state index contributed by atoms with van der Waals surface area (Å²) in [6.45, 7) is 14.2. The molecule has 2 nitrogen and oxygen atoms in total. The lowest BCUT2D eigenvalue weighted by Crippen LogP contribution is -2.45. The molecule has 1 fully saturated rings. The summed E-state index contributed by atoms with van der Waals surface area (Å²) in [4.78, 5) is 2.59. The van der Waals surface area contributed by atoms with E-state index < -0.39 is 0 Å². The van der Waals surface area contributed by atoms with Gasteiger partial charge in [0, 0.05) is 20.3 Å². The highest BCUT2D eigenvalue weighted by atomic mass is 16.5. The van der Waals surface area contributed by atoms with Crippen LogP contribution < -0.4 is 0 Å². The fraction of sp³-hybridized carbons (Fsp3) is 1.00. The average molecular weight is 227 g/mol. The van der Waals surface area contributed by atoms with E-state index in [9.17, 15) is 0 Å². The van der Waals surface area contributed by atoms with Gasteiger partial charge in [0.2, 0.25) is 0 Å². The van der Waals surface area contributed by atoms with E-state index in [1.807, 2.05) is 0 Å². The summed E-state index contributed by atoms with van der Waals surface area (Å²) in [7, 11) is 1.78. The van der Waals surface area contributed by atoms with E-state index in [1.54, 1.807) is 7.11 Å². The van der Waals surface area contributed by atoms with E-state index in [2.05, 4.69) is 32.6 Å². The first-order valence-corrected chi connectivity index (χ1v) is 6.60. The van der Waals surface area contributed by atoms with Crippen molar-refractivity contribution < 1.29 is 4.74 Å². The summed E-state index contributed by atoms with van der Waals surface area (Å²) < 4.78 is 5.10. The normalized spacial score (nSPS) is 22.3. The number of methoxy groups -OCH3 is 1. The molecule has 1 heterocycles. The first-order chi connectivity index (χ1) is 7.39. The van der Waals surface area contributed by atoms with Crippen molar-refractivity contribution >= 4 is 0 Å². The van der Waals surface area contributed by atoms with Crippen molar-refractivity contribution in [3.8, 4) is 0 Å². The molecule has 0 aromatic heterocycles. The smallest absolute Gasteiger partial charge is 0.0474 e. The maximum absolute atomic E-state index is 5.10. The monoisotopic (exact) mass is 227 g/mol. The second-order valence-corrected chi connectivity index (χ2v) is 6.50. The Kier molecular flexibility index (Phi) is 4.81. The summed E-state index contributed by atoms with van der Waals surface area (Å²) in [6, 6.07) is 0. The van der Waals surface area contributed by atoms with Crippen LogP contribution in [0.4, 0.5) is 0 Å². The predicted molar refractivity (Wildman–Crippen MR) is 69.7 cm³/mol. The number of nitrogens with zero attached hydrogens (tertiary/aromatic N) is 1. The van der Waals surface area contributed by atoms with Gasteiger partial charge in [-0.3, -0.25) is 0 Å². The van der Waals surface area contributed by atoms with Crippen LogP contribution in [0.2, 0.25) is 0 Å². The van der Waals surface area contributed by atoms with Gasteiger partial charge in [-0.2, -0.15) is 0 Å². The van der Waals surface area contributed by atoms with Gasteiger partial charge in [-0.05, 0) is 43.2 Å². The lowest BCUT2D eigenvalue weighted by molar-refractivity contribution is 0.0200. The Morgan fingerprint density at radius 2 is 1.75 bits per heavy atom. The second-order valence-electron chi connectivity index (χ2n) is 6.50. The minimum atomic E-state index is 0.436. The molecule has 0 aromatic rings. The van der Waals surface area contributed by atoms with Gasteiger partial charge in [0.25, 0.3) is 0 Å².